The first-order chi connectivity index (χ1) is 3.22. The molecular formula is C6H12O2. The molecule has 1 fully saturated rings. The zero-order valence-electron chi connectivity index (χ0n) is 4.47. The second-order valence-corrected chi connectivity index (χ2v) is 1.87. The minimum atomic E-state index is -0.0694. The smallest absolute Gasteiger partial charge is 0.161 e. The second-order valence-electron chi connectivity index (χ2n) is 1.87. The molecule has 0 aromatic heterocycles. The minimum Gasteiger partial charge on any atom is -0.362 e. The van der Waals surface area contributed by atoms with Crippen LogP contribution in [-0.4, -0.2) is 18.0 Å². The lowest BCUT2D eigenvalue weighted by Gasteiger charge is -1.74. The molecule has 1 aliphatic heterocycles. The zero-order chi connectivity index (χ0) is 5.44. The van der Waals surface area contributed by atoms with Crippen molar-refractivity contribution in [3.63, 3.8) is 0 Å². The van der Waals surface area contributed by atoms with Crippen molar-refractivity contribution < 1.29 is 9.53 Å². The van der Waals surface area contributed by atoms with Crippen molar-refractivity contribution in [2.75, 3.05) is 0 Å². The standard InChI is InChI=1S/C5H8O2.CH4/c1-3(6)5-4(2)7-5;/h4-5H,1-2H3;1H4. The lowest BCUT2D eigenvalue weighted by atomic mass is 10.3. The maximum Gasteiger partial charge on any atom is 0.161 e. The molecule has 2 heteroatoms. The Bertz CT molecular complexity index is 98.7. The van der Waals surface area contributed by atoms with E-state index in [1.54, 1.807) is 6.92 Å². The highest BCUT2D eigenvalue weighted by atomic mass is 16.6. The van der Waals surface area contributed by atoms with E-state index in [4.69, 9.17) is 4.74 Å². The molecule has 0 bridgehead atoms. The summed E-state index contributed by atoms with van der Waals surface area (Å²) < 4.78 is 4.83. The molecule has 48 valence electrons. The largest absolute Gasteiger partial charge is 0.362 e. The van der Waals surface area contributed by atoms with Gasteiger partial charge in [0.05, 0.1) is 6.10 Å². The summed E-state index contributed by atoms with van der Waals surface area (Å²) in [7, 11) is 0. The maximum absolute atomic E-state index is 10.3. The number of hydrogen-bond donors (Lipinski definition) is 0. The Labute approximate surface area is 49.8 Å². The Kier molecular flexibility index (Phi) is 2.16. The van der Waals surface area contributed by atoms with E-state index in [-0.39, 0.29) is 25.4 Å². The molecule has 2 atom stereocenters. The van der Waals surface area contributed by atoms with E-state index in [0.29, 0.717) is 0 Å². The molecule has 0 amide bonds. The molecule has 0 saturated carbocycles. The fraction of sp³-hybridized carbons (Fsp3) is 0.833. The molecule has 0 aromatic carbocycles. The first kappa shape index (κ1) is 7.63. The molecule has 8 heavy (non-hydrogen) atoms. The van der Waals surface area contributed by atoms with Gasteiger partial charge in [0.2, 0.25) is 0 Å². The zero-order valence-corrected chi connectivity index (χ0v) is 4.47. The minimum absolute atomic E-state index is 0. The summed E-state index contributed by atoms with van der Waals surface area (Å²) in [6.07, 6.45) is 0.123. The number of carbonyl (C=O) groups is 1. The van der Waals surface area contributed by atoms with Gasteiger partial charge in [-0.05, 0) is 13.8 Å². The summed E-state index contributed by atoms with van der Waals surface area (Å²) in [5, 5.41) is 0. The molecule has 0 spiro atoms. The molecule has 0 radical (unpaired) electrons. The van der Waals surface area contributed by atoms with Gasteiger partial charge in [0.1, 0.15) is 6.10 Å². The molecular weight excluding hydrogens is 104 g/mol. The third-order valence-corrected chi connectivity index (χ3v) is 1.11. The van der Waals surface area contributed by atoms with Gasteiger partial charge >= 0.3 is 0 Å². The summed E-state index contributed by atoms with van der Waals surface area (Å²) >= 11 is 0. The van der Waals surface area contributed by atoms with E-state index in [9.17, 15) is 4.79 Å². The van der Waals surface area contributed by atoms with E-state index >= 15 is 0 Å². The average molecular weight is 116 g/mol. The number of ether oxygens (including phenoxy) is 1. The normalized spacial score (nSPS) is 33.2. The van der Waals surface area contributed by atoms with Crippen LogP contribution in [0.15, 0.2) is 0 Å². The third kappa shape index (κ3) is 1.30. The van der Waals surface area contributed by atoms with Crippen molar-refractivity contribution in [1.82, 2.24) is 0 Å². The van der Waals surface area contributed by atoms with Gasteiger partial charge in [-0.3, -0.25) is 4.79 Å². The van der Waals surface area contributed by atoms with Crippen LogP contribution in [0, 0.1) is 0 Å². The Morgan fingerprint density at radius 2 is 2.00 bits per heavy atom. The van der Waals surface area contributed by atoms with Gasteiger partial charge in [0.25, 0.3) is 0 Å². The number of carbonyl (C=O) groups excluding carboxylic acids is 1. The summed E-state index contributed by atoms with van der Waals surface area (Å²) in [6.45, 7) is 3.44. The van der Waals surface area contributed by atoms with Crippen molar-refractivity contribution in [1.29, 1.82) is 0 Å². The van der Waals surface area contributed by atoms with Crippen molar-refractivity contribution >= 4 is 5.78 Å². The first-order valence-electron chi connectivity index (χ1n) is 2.37. The second kappa shape index (κ2) is 2.27. The average Bonchev–Trinajstić information content (AvgIpc) is 2.17. The van der Waals surface area contributed by atoms with Crippen molar-refractivity contribution in [3.8, 4) is 0 Å². The van der Waals surface area contributed by atoms with E-state index in [1.165, 1.54) is 0 Å². The topological polar surface area (TPSA) is 29.6 Å². The lowest BCUT2D eigenvalue weighted by molar-refractivity contribution is -0.118. The van der Waals surface area contributed by atoms with Gasteiger partial charge in [-0.1, -0.05) is 7.43 Å². The van der Waals surface area contributed by atoms with Crippen LogP contribution in [0.2, 0.25) is 0 Å². The molecule has 1 rings (SSSR count). The third-order valence-electron chi connectivity index (χ3n) is 1.11. The summed E-state index contributed by atoms with van der Waals surface area (Å²) in [6, 6.07) is 0. The molecule has 0 aromatic rings. The maximum atomic E-state index is 10.3. The van der Waals surface area contributed by atoms with Crippen LogP contribution in [0.5, 0.6) is 0 Å². The SMILES string of the molecule is C.CC(=O)C1OC1C. The Morgan fingerprint density at radius 1 is 1.62 bits per heavy atom. The highest BCUT2D eigenvalue weighted by Gasteiger charge is 2.37. The summed E-state index contributed by atoms with van der Waals surface area (Å²) in [4.78, 5) is 10.3. The lowest BCUT2D eigenvalue weighted by Crippen LogP contribution is -2.01. The number of epoxide rings is 1. The molecule has 0 aliphatic carbocycles. The number of hydrogen-bond acceptors (Lipinski definition) is 2. The Morgan fingerprint density at radius 3 is 2.00 bits per heavy atom. The highest BCUT2D eigenvalue weighted by molar-refractivity contribution is 5.83. The molecule has 1 heterocycles. The first-order valence-corrected chi connectivity index (χ1v) is 2.37. The Balaban J connectivity index is 0.000000490. The van der Waals surface area contributed by atoms with Crippen molar-refractivity contribution in [2.24, 2.45) is 0 Å². The van der Waals surface area contributed by atoms with Gasteiger partial charge in [-0.2, -0.15) is 0 Å². The van der Waals surface area contributed by atoms with Crippen LogP contribution in [0.1, 0.15) is 21.3 Å². The van der Waals surface area contributed by atoms with E-state index < -0.39 is 0 Å². The fourth-order valence-electron chi connectivity index (χ4n) is 0.612. The molecule has 1 saturated heterocycles. The van der Waals surface area contributed by atoms with Crippen LogP contribution >= 0.6 is 0 Å². The summed E-state index contributed by atoms with van der Waals surface area (Å²) in [5.41, 5.74) is 0. The van der Waals surface area contributed by atoms with Crippen molar-refractivity contribution in [3.05, 3.63) is 0 Å². The Hall–Kier alpha value is -0.370. The van der Waals surface area contributed by atoms with Gasteiger partial charge in [0.15, 0.2) is 5.78 Å². The number of Topliss-reactive ketones (excluding diaryl/α,β-unsaturated/α-hetero) is 1. The van der Waals surface area contributed by atoms with Crippen LogP contribution in [0.3, 0.4) is 0 Å². The van der Waals surface area contributed by atoms with Crippen molar-refractivity contribution in [2.45, 2.75) is 33.5 Å². The van der Waals surface area contributed by atoms with Gasteiger partial charge in [-0.25, -0.2) is 0 Å². The number of ketones is 1. The molecule has 0 N–H and O–H groups in total. The quantitative estimate of drug-likeness (QED) is 0.478. The van der Waals surface area contributed by atoms with Gasteiger partial charge < -0.3 is 4.74 Å². The molecule has 2 nitrogen and oxygen atoms in total. The van der Waals surface area contributed by atoms with Crippen LogP contribution in [0.25, 0.3) is 0 Å². The predicted octanol–water partition coefficient (Wildman–Crippen LogP) is 0.999. The van der Waals surface area contributed by atoms with Gasteiger partial charge in [0, 0.05) is 0 Å². The van der Waals surface area contributed by atoms with E-state index in [2.05, 4.69) is 0 Å². The number of rotatable bonds is 1. The van der Waals surface area contributed by atoms with E-state index in [1.807, 2.05) is 6.92 Å². The van der Waals surface area contributed by atoms with Crippen LogP contribution < -0.4 is 0 Å². The van der Waals surface area contributed by atoms with Gasteiger partial charge in [-0.15, -0.1) is 0 Å². The monoisotopic (exact) mass is 116 g/mol. The predicted molar refractivity (Wildman–Crippen MR) is 31.7 cm³/mol. The van der Waals surface area contributed by atoms with Crippen LogP contribution in [0.4, 0.5) is 0 Å². The molecule has 1 aliphatic rings. The highest BCUT2D eigenvalue weighted by Crippen LogP contribution is 2.20. The fourth-order valence-corrected chi connectivity index (χ4v) is 0.612. The molecule has 2 unspecified atom stereocenters. The summed E-state index contributed by atoms with van der Waals surface area (Å²) in [5.74, 6) is 0.146. The van der Waals surface area contributed by atoms with Crippen LogP contribution in [-0.2, 0) is 9.53 Å². The van der Waals surface area contributed by atoms with E-state index in [0.717, 1.165) is 0 Å².